The molecule has 1 aliphatic rings. The van der Waals surface area contributed by atoms with E-state index in [0.29, 0.717) is 0 Å². The second-order valence-corrected chi connectivity index (χ2v) is 19.7. The summed E-state index contributed by atoms with van der Waals surface area (Å²) >= 11 is 0. The van der Waals surface area contributed by atoms with Gasteiger partial charge in [0, 0.05) is 33.4 Å². The lowest BCUT2D eigenvalue weighted by Crippen LogP contribution is -2.48. The summed E-state index contributed by atoms with van der Waals surface area (Å²) in [7, 11) is -12.0. The number of carbonyl (C=O) groups excluding carboxylic acids is 6. The van der Waals surface area contributed by atoms with Gasteiger partial charge in [-0.2, -0.15) is 27.1 Å². The molecule has 0 aromatic rings. The second kappa shape index (κ2) is 27.2. The molecular weight excluding hydrogens is 855 g/mol. The van der Waals surface area contributed by atoms with Gasteiger partial charge in [0.1, 0.15) is 79.3 Å². The zero-order valence-corrected chi connectivity index (χ0v) is 37.6. The van der Waals surface area contributed by atoms with E-state index in [1.54, 1.807) is 0 Å². The van der Waals surface area contributed by atoms with Crippen LogP contribution >= 0.6 is 24.1 Å². The zero-order valence-electron chi connectivity index (χ0n) is 34.9. The maximum absolute atomic E-state index is 12.2. The van der Waals surface area contributed by atoms with Gasteiger partial charge in [-0.05, 0) is 41.5 Å². The zero-order chi connectivity index (χ0) is 45.5. The summed E-state index contributed by atoms with van der Waals surface area (Å²) in [5, 5.41) is 0. The average Bonchev–Trinajstić information content (AvgIpc) is 3.18. The van der Waals surface area contributed by atoms with Crippen molar-refractivity contribution in [1.82, 2.24) is 14.6 Å². The Morgan fingerprint density at radius 1 is 0.300 bits per heavy atom. The van der Waals surface area contributed by atoms with E-state index in [0.717, 1.165) is 0 Å². The molecule has 1 rings (SSSR count). The van der Waals surface area contributed by atoms with Crippen LogP contribution in [0.15, 0.2) is 72.9 Å². The predicted molar refractivity (Wildman–Crippen MR) is 221 cm³/mol. The molecule has 0 atom stereocenters. The van der Waals surface area contributed by atoms with Gasteiger partial charge in [0.05, 0.1) is 14.6 Å². The largest absolute Gasteiger partial charge is 0.510 e. The van der Waals surface area contributed by atoms with Crippen LogP contribution in [0, 0.1) is 0 Å². The van der Waals surface area contributed by atoms with Crippen LogP contribution in [0.1, 0.15) is 41.5 Å². The fourth-order valence-electron chi connectivity index (χ4n) is 3.59. The maximum Gasteiger partial charge on any atom is 0.510 e. The third kappa shape index (κ3) is 20.6. The number of rotatable bonds is 30. The minimum Gasteiger partial charge on any atom is -0.460 e. The van der Waals surface area contributed by atoms with Crippen molar-refractivity contribution in [3.8, 4) is 0 Å². The summed E-state index contributed by atoms with van der Waals surface area (Å²) in [6, 6.07) is 0. The summed E-state index contributed by atoms with van der Waals surface area (Å²) < 4.78 is 69.1. The number of carbonyl (C=O) groups is 6. The Hall–Kier alpha value is -3.81. The molecule has 0 unspecified atom stereocenters. The van der Waals surface area contributed by atoms with Gasteiger partial charge < -0.3 is 28.4 Å². The van der Waals surface area contributed by atoms with E-state index in [1.165, 1.54) is 41.5 Å². The van der Waals surface area contributed by atoms with Crippen molar-refractivity contribution in [1.29, 1.82) is 0 Å². The molecule has 21 nitrogen and oxygen atoms in total. The molecule has 3 N–H and O–H groups in total. The average molecular weight is 913 g/mol. The van der Waals surface area contributed by atoms with Crippen molar-refractivity contribution < 1.29 is 84.3 Å². The van der Waals surface area contributed by atoms with Gasteiger partial charge in [-0.25, -0.2) is 28.8 Å². The molecule has 336 valence electrons. The molecule has 0 radical (unpaired) electrons. The van der Waals surface area contributed by atoms with Crippen LogP contribution in [-0.2, 0) is 84.3 Å². The second-order valence-electron chi connectivity index (χ2n) is 12.5. The molecule has 1 saturated heterocycles. The number of hydrogen-bond acceptors (Lipinski definition) is 21. The quantitative estimate of drug-likeness (QED) is 0.0292. The number of hydrogen-bond donors (Lipinski definition) is 3. The molecule has 0 spiro atoms. The monoisotopic (exact) mass is 912 g/mol. The SMILES string of the molecule is C=C(C)C(=O)OCCO[P+]1(OCCOC(=O)C(=C)C)N[P+](OCCOC(=O)C(=C)C)(OCCOC(=O)C(=C)C)N[P+](OCCOC(=O)C(=C)C)(OCCOC(=O)C(=C)C)N1. The van der Waals surface area contributed by atoms with Crippen LogP contribution in [0.2, 0.25) is 0 Å². The van der Waals surface area contributed by atoms with Crippen LogP contribution in [0.5, 0.6) is 0 Å². The summed E-state index contributed by atoms with van der Waals surface area (Å²) in [5.41, 5.74) is 0.700. The molecule has 0 aliphatic carbocycles. The maximum atomic E-state index is 12.2. The standard InChI is InChI=1S/C36H57N3O18P3/c1-25(2)31(40)46-13-19-52-58(53-20-14-47-32(41)26(3)4)37-59(54-21-15-48-33(42)27(5)6,55-22-16-49-34(43)28(7)8)39-60(38-58,56-23-17-50-35(44)29(9)10)57-24-18-51-36(45)30(11)12/h37-39H,1,3,5,7,9,11,13-24H2,2,4,6,8,10,12H3/q+3. The smallest absolute Gasteiger partial charge is 0.460 e. The van der Waals surface area contributed by atoms with Gasteiger partial charge in [0.2, 0.25) is 0 Å². The minimum atomic E-state index is -4.01. The highest BCUT2D eigenvalue weighted by molar-refractivity contribution is 7.92. The van der Waals surface area contributed by atoms with E-state index < -0.39 is 59.9 Å². The first-order chi connectivity index (χ1) is 28.1. The van der Waals surface area contributed by atoms with Gasteiger partial charge in [-0.3, -0.25) is 0 Å². The van der Waals surface area contributed by atoms with Crippen LogP contribution in [0.25, 0.3) is 0 Å². The van der Waals surface area contributed by atoms with Crippen molar-refractivity contribution >= 4 is 59.9 Å². The van der Waals surface area contributed by atoms with Gasteiger partial charge >= 0.3 is 59.9 Å². The van der Waals surface area contributed by atoms with E-state index in [9.17, 15) is 28.8 Å². The normalized spacial score (nSPS) is 14.7. The molecule has 0 aromatic heterocycles. The van der Waals surface area contributed by atoms with Crippen molar-refractivity contribution in [3.63, 3.8) is 0 Å². The predicted octanol–water partition coefficient (Wildman–Crippen LogP) is 4.62. The number of nitrogens with one attached hydrogen (secondary N) is 3. The molecule has 0 bridgehead atoms. The highest BCUT2D eigenvalue weighted by Crippen LogP contribution is 2.81. The van der Waals surface area contributed by atoms with Crippen molar-refractivity contribution in [2.24, 2.45) is 0 Å². The highest BCUT2D eigenvalue weighted by Gasteiger charge is 2.80. The minimum absolute atomic E-state index is 0.117. The van der Waals surface area contributed by atoms with Gasteiger partial charge in [0.25, 0.3) is 0 Å². The number of ether oxygens (including phenoxy) is 6. The lowest BCUT2D eigenvalue weighted by Gasteiger charge is -2.34. The third-order valence-electron chi connectivity index (χ3n) is 6.42. The molecule has 0 saturated carbocycles. The number of esters is 6. The Kier molecular flexibility index (Phi) is 24.6. The molecule has 24 heteroatoms. The molecular formula is C36H57N3O18P3+3. The summed E-state index contributed by atoms with van der Waals surface area (Å²) in [5.74, 6) is -4.28. The molecule has 1 aliphatic heterocycles. The Bertz CT molecular complexity index is 1340. The first-order valence-electron chi connectivity index (χ1n) is 18.0. The van der Waals surface area contributed by atoms with Gasteiger partial charge in [-0.15, -0.1) is 0 Å². The highest BCUT2D eigenvalue weighted by atomic mass is 31.3. The Morgan fingerprint density at radius 3 is 0.550 bits per heavy atom. The fraction of sp³-hybridized carbons (Fsp3) is 0.500. The van der Waals surface area contributed by atoms with Gasteiger partial charge in [-0.1, -0.05) is 39.5 Å². The molecule has 0 amide bonds. The first kappa shape index (κ1) is 54.2. The Balaban J connectivity index is 3.89. The lowest BCUT2D eigenvalue weighted by molar-refractivity contribution is -0.140. The summed E-state index contributed by atoms with van der Waals surface area (Å²) in [6.45, 7) is 25.9. The molecule has 1 heterocycles. The van der Waals surface area contributed by atoms with Gasteiger partial charge in [0.15, 0.2) is 0 Å². The van der Waals surface area contributed by atoms with E-state index in [1.807, 2.05) is 0 Å². The lowest BCUT2D eigenvalue weighted by atomic mass is 10.4. The van der Waals surface area contributed by atoms with E-state index in [2.05, 4.69) is 54.0 Å². The van der Waals surface area contributed by atoms with E-state index >= 15 is 0 Å². The van der Waals surface area contributed by atoms with Crippen LogP contribution in [-0.4, -0.2) is 115 Å². The molecule has 0 aromatic carbocycles. The summed E-state index contributed by atoms with van der Waals surface area (Å²) in [6.07, 6.45) is 0. The van der Waals surface area contributed by atoms with Crippen molar-refractivity contribution in [3.05, 3.63) is 72.9 Å². The van der Waals surface area contributed by atoms with E-state index in [4.69, 9.17) is 55.6 Å². The van der Waals surface area contributed by atoms with E-state index in [-0.39, 0.29) is 113 Å². The Morgan fingerprint density at radius 2 is 0.433 bits per heavy atom. The first-order valence-corrected chi connectivity index (χ1v) is 22.8. The van der Waals surface area contributed by atoms with Crippen LogP contribution in [0.4, 0.5) is 0 Å². The third-order valence-corrected chi connectivity index (χ3v) is 16.0. The fourth-order valence-corrected chi connectivity index (χ4v) is 14.5. The molecule has 1 fully saturated rings. The van der Waals surface area contributed by atoms with Crippen LogP contribution in [0.3, 0.4) is 0 Å². The van der Waals surface area contributed by atoms with Crippen molar-refractivity contribution in [2.45, 2.75) is 41.5 Å². The topological polar surface area (TPSA) is 249 Å². The summed E-state index contributed by atoms with van der Waals surface area (Å²) in [4.78, 5) is 82.6. The molecule has 60 heavy (non-hydrogen) atoms. The Labute approximate surface area is 351 Å². The van der Waals surface area contributed by atoms with Crippen molar-refractivity contribution in [2.75, 3.05) is 79.3 Å². The van der Waals surface area contributed by atoms with Crippen LogP contribution < -0.4 is 14.6 Å².